The van der Waals surface area contributed by atoms with Crippen molar-refractivity contribution in [2.45, 2.75) is 83.0 Å². The van der Waals surface area contributed by atoms with Gasteiger partial charge in [0.15, 0.2) is 5.69 Å². The first-order chi connectivity index (χ1) is 17.2. The average Bonchev–Trinajstić information content (AvgIpc) is 3.52. The van der Waals surface area contributed by atoms with Crippen molar-refractivity contribution in [2.24, 2.45) is 0 Å². The standard InChI is InChI=1S/C26H31F3N4O3/c1-2-17(14-15-32-23(34)12-7-13-24(32)35)30-25(36)21-16-22(33(31-21)18-8-3-4-9-18)19-10-5-6-11-20(19)26(27,28)29/h5-6,10-11,16-18H,2-4,7-9,12-15H2,1H3,(H,30,36). The van der Waals surface area contributed by atoms with Crippen LogP contribution in [0.4, 0.5) is 13.2 Å². The molecule has 1 atom stereocenters. The molecule has 1 saturated heterocycles. The predicted octanol–water partition coefficient (Wildman–Crippen LogP) is 5.12. The zero-order chi connectivity index (χ0) is 25.9. The summed E-state index contributed by atoms with van der Waals surface area (Å²) in [4.78, 5) is 38.5. The zero-order valence-electron chi connectivity index (χ0n) is 20.3. The number of carbonyl (C=O) groups excluding carboxylic acids is 3. The number of benzene rings is 1. The largest absolute Gasteiger partial charge is 0.417 e. The van der Waals surface area contributed by atoms with Crippen molar-refractivity contribution in [3.63, 3.8) is 0 Å². The van der Waals surface area contributed by atoms with E-state index in [4.69, 9.17) is 0 Å². The maximum atomic E-state index is 13.8. The first-order valence-electron chi connectivity index (χ1n) is 12.6. The molecule has 194 valence electrons. The Morgan fingerprint density at radius 1 is 1.11 bits per heavy atom. The number of aromatic nitrogens is 2. The maximum Gasteiger partial charge on any atom is 0.417 e. The van der Waals surface area contributed by atoms with E-state index in [0.29, 0.717) is 32.1 Å². The van der Waals surface area contributed by atoms with Crippen molar-refractivity contribution in [3.8, 4) is 11.3 Å². The Balaban J connectivity index is 1.56. The van der Waals surface area contributed by atoms with Crippen LogP contribution in [0.15, 0.2) is 30.3 Å². The highest BCUT2D eigenvalue weighted by Gasteiger charge is 2.35. The molecular weight excluding hydrogens is 473 g/mol. The molecule has 3 amide bonds. The molecule has 1 aromatic heterocycles. The van der Waals surface area contributed by atoms with Crippen molar-refractivity contribution in [1.82, 2.24) is 20.0 Å². The lowest BCUT2D eigenvalue weighted by Gasteiger charge is -2.26. The van der Waals surface area contributed by atoms with E-state index in [0.717, 1.165) is 31.7 Å². The molecule has 1 N–H and O–H groups in total. The van der Waals surface area contributed by atoms with Crippen LogP contribution in [-0.4, -0.2) is 45.0 Å². The van der Waals surface area contributed by atoms with Crippen LogP contribution < -0.4 is 5.32 Å². The van der Waals surface area contributed by atoms with Crippen molar-refractivity contribution < 1.29 is 27.6 Å². The summed E-state index contributed by atoms with van der Waals surface area (Å²) >= 11 is 0. The van der Waals surface area contributed by atoms with Gasteiger partial charge in [-0.3, -0.25) is 24.0 Å². The second kappa shape index (κ2) is 10.8. The Morgan fingerprint density at radius 2 is 1.78 bits per heavy atom. The molecule has 2 aliphatic rings. The highest BCUT2D eigenvalue weighted by Crippen LogP contribution is 2.40. The van der Waals surface area contributed by atoms with Gasteiger partial charge in [-0.25, -0.2) is 0 Å². The van der Waals surface area contributed by atoms with Crippen LogP contribution in [0.2, 0.25) is 0 Å². The normalized spacial score (nSPS) is 18.1. The minimum atomic E-state index is -4.54. The number of hydrogen-bond acceptors (Lipinski definition) is 4. The van der Waals surface area contributed by atoms with Crippen LogP contribution in [0, 0.1) is 0 Å². The molecule has 4 rings (SSSR count). The Bertz CT molecular complexity index is 1110. The van der Waals surface area contributed by atoms with Gasteiger partial charge in [-0.15, -0.1) is 0 Å². The SMILES string of the molecule is CCC(CCN1C(=O)CCCC1=O)NC(=O)c1cc(-c2ccccc2C(F)(F)F)n(C2CCCC2)n1. The summed E-state index contributed by atoms with van der Waals surface area (Å²) in [5.74, 6) is -0.882. The lowest BCUT2D eigenvalue weighted by molar-refractivity contribution is -0.148. The molecule has 7 nitrogen and oxygen atoms in total. The quantitative estimate of drug-likeness (QED) is 0.506. The second-order valence-corrected chi connectivity index (χ2v) is 9.50. The lowest BCUT2D eigenvalue weighted by atomic mass is 10.0. The number of rotatable bonds is 8. The second-order valence-electron chi connectivity index (χ2n) is 9.50. The third-order valence-electron chi connectivity index (χ3n) is 7.06. The van der Waals surface area contributed by atoms with E-state index in [1.807, 2.05) is 6.92 Å². The molecule has 0 radical (unpaired) electrons. The molecule has 1 aliphatic carbocycles. The smallest absolute Gasteiger partial charge is 0.348 e. The Morgan fingerprint density at radius 3 is 2.42 bits per heavy atom. The number of imide groups is 1. The monoisotopic (exact) mass is 504 g/mol. The Kier molecular flexibility index (Phi) is 7.80. The molecule has 1 aliphatic heterocycles. The summed E-state index contributed by atoms with van der Waals surface area (Å²) in [6.07, 6.45) is 1.16. The fraction of sp³-hybridized carbons (Fsp3) is 0.538. The molecule has 2 heterocycles. The van der Waals surface area contributed by atoms with E-state index >= 15 is 0 Å². The van der Waals surface area contributed by atoms with Crippen molar-refractivity contribution >= 4 is 17.7 Å². The van der Waals surface area contributed by atoms with Gasteiger partial charge in [-0.2, -0.15) is 18.3 Å². The van der Waals surface area contributed by atoms with Gasteiger partial charge in [0.1, 0.15) is 0 Å². The highest BCUT2D eigenvalue weighted by molar-refractivity contribution is 5.97. The predicted molar refractivity (Wildman–Crippen MR) is 127 cm³/mol. The fourth-order valence-electron chi connectivity index (χ4n) is 5.06. The molecule has 2 fully saturated rings. The van der Waals surface area contributed by atoms with Crippen LogP contribution in [0.5, 0.6) is 0 Å². The number of piperidine rings is 1. The number of amides is 3. The molecule has 0 spiro atoms. The van der Waals surface area contributed by atoms with Gasteiger partial charge in [0.2, 0.25) is 11.8 Å². The van der Waals surface area contributed by atoms with Gasteiger partial charge in [0.25, 0.3) is 5.91 Å². The molecule has 1 unspecified atom stereocenters. The zero-order valence-corrected chi connectivity index (χ0v) is 20.3. The van der Waals surface area contributed by atoms with Crippen molar-refractivity contribution in [1.29, 1.82) is 0 Å². The topological polar surface area (TPSA) is 84.3 Å². The van der Waals surface area contributed by atoms with Gasteiger partial charge in [0.05, 0.1) is 17.3 Å². The number of carbonyl (C=O) groups is 3. The molecule has 36 heavy (non-hydrogen) atoms. The van der Waals surface area contributed by atoms with Gasteiger partial charge in [-0.1, -0.05) is 38.0 Å². The van der Waals surface area contributed by atoms with E-state index in [2.05, 4.69) is 10.4 Å². The van der Waals surface area contributed by atoms with Gasteiger partial charge >= 0.3 is 6.18 Å². The first kappa shape index (κ1) is 25.9. The summed E-state index contributed by atoms with van der Waals surface area (Å²) in [6, 6.07) is 6.39. The molecule has 2 aromatic rings. The fourth-order valence-corrected chi connectivity index (χ4v) is 5.06. The third kappa shape index (κ3) is 5.63. The van der Waals surface area contributed by atoms with E-state index in [1.54, 1.807) is 10.7 Å². The molecule has 0 bridgehead atoms. The molecular formula is C26H31F3N4O3. The van der Waals surface area contributed by atoms with Crippen molar-refractivity contribution in [3.05, 3.63) is 41.6 Å². The summed E-state index contributed by atoms with van der Waals surface area (Å²) in [5.41, 5.74) is -0.439. The van der Waals surface area contributed by atoms with Crippen LogP contribution in [-0.2, 0) is 15.8 Å². The number of nitrogens with one attached hydrogen (secondary N) is 1. The minimum Gasteiger partial charge on any atom is -0.348 e. The Hall–Kier alpha value is -3.17. The Labute approximate surface area is 208 Å². The minimum absolute atomic E-state index is 0.00221. The third-order valence-corrected chi connectivity index (χ3v) is 7.06. The number of nitrogens with zero attached hydrogens (tertiary/aromatic N) is 3. The summed E-state index contributed by atoms with van der Waals surface area (Å²) in [6.45, 7) is 2.10. The summed E-state index contributed by atoms with van der Waals surface area (Å²) < 4.78 is 42.9. The van der Waals surface area contributed by atoms with Gasteiger partial charge in [-0.05, 0) is 44.2 Å². The first-order valence-corrected chi connectivity index (χ1v) is 12.6. The molecule has 1 aromatic carbocycles. The molecule has 10 heteroatoms. The summed E-state index contributed by atoms with van der Waals surface area (Å²) in [5, 5.41) is 7.37. The highest BCUT2D eigenvalue weighted by atomic mass is 19.4. The molecule has 1 saturated carbocycles. The number of hydrogen-bond donors (Lipinski definition) is 1. The van der Waals surface area contributed by atoms with Gasteiger partial charge in [0, 0.05) is 31.0 Å². The average molecular weight is 505 g/mol. The van der Waals surface area contributed by atoms with Crippen LogP contribution in [0.1, 0.15) is 86.8 Å². The van der Waals surface area contributed by atoms with Crippen LogP contribution in [0.25, 0.3) is 11.3 Å². The summed E-state index contributed by atoms with van der Waals surface area (Å²) in [7, 11) is 0. The van der Waals surface area contributed by atoms with Crippen LogP contribution >= 0.6 is 0 Å². The van der Waals surface area contributed by atoms with E-state index < -0.39 is 17.6 Å². The van der Waals surface area contributed by atoms with E-state index in [9.17, 15) is 27.6 Å². The number of alkyl halides is 3. The number of halogens is 3. The van der Waals surface area contributed by atoms with E-state index in [-0.39, 0.29) is 47.4 Å². The van der Waals surface area contributed by atoms with Crippen molar-refractivity contribution in [2.75, 3.05) is 6.54 Å². The number of likely N-dealkylation sites (tertiary alicyclic amines) is 1. The van der Waals surface area contributed by atoms with Crippen LogP contribution in [0.3, 0.4) is 0 Å². The lowest BCUT2D eigenvalue weighted by Crippen LogP contribution is -2.43. The van der Waals surface area contributed by atoms with E-state index in [1.165, 1.54) is 23.1 Å². The van der Waals surface area contributed by atoms with Gasteiger partial charge < -0.3 is 5.32 Å². The maximum absolute atomic E-state index is 13.8.